The minimum absolute atomic E-state index is 0.0127. The number of aliphatic imine (C=N–C) groups is 1. The molecule has 0 radical (unpaired) electrons. The predicted octanol–water partition coefficient (Wildman–Crippen LogP) is 1.83. The number of nitrogens with zero attached hydrogens (tertiary/aromatic N) is 3. The molecule has 1 aliphatic rings. The number of guanidine groups is 1. The van der Waals surface area contributed by atoms with E-state index in [2.05, 4.69) is 29.1 Å². The van der Waals surface area contributed by atoms with Crippen LogP contribution < -0.4 is 5.32 Å². The van der Waals surface area contributed by atoms with Crippen LogP contribution in [0.4, 0.5) is 0 Å². The van der Waals surface area contributed by atoms with E-state index < -0.39 is 0 Å². The van der Waals surface area contributed by atoms with Crippen molar-refractivity contribution in [3.8, 4) is 0 Å². The highest BCUT2D eigenvalue weighted by molar-refractivity contribution is 5.84. The lowest BCUT2D eigenvalue weighted by molar-refractivity contribution is -0.127. The molecular weight excluding hydrogens is 304 g/mol. The van der Waals surface area contributed by atoms with Gasteiger partial charge >= 0.3 is 0 Å². The normalized spacial score (nSPS) is 21.7. The zero-order valence-electron chi connectivity index (χ0n) is 15.3. The maximum atomic E-state index is 11.9. The minimum atomic E-state index is 0.0127. The molecule has 134 valence electrons. The Bertz CT molecular complexity index is 539. The number of rotatable bonds is 5. The molecule has 0 aromatic carbocycles. The van der Waals surface area contributed by atoms with Gasteiger partial charge in [0.05, 0.1) is 6.26 Å². The van der Waals surface area contributed by atoms with Crippen molar-refractivity contribution in [2.45, 2.75) is 26.7 Å². The van der Waals surface area contributed by atoms with Crippen LogP contribution in [0, 0.1) is 11.8 Å². The molecule has 1 aromatic heterocycles. The molecule has 2 atom stereocenters. The standard InChI is InChI=1S/C18H30N4O2/c1-14-8-10-22(13-15(14)2)18(20-12-17(23)21(3)4)19-9-7-16-6-5-11-24-16/h5-6,11,14-15H,7-10,12-13H2,1-4H3,(H,19,20). The number of carbonyl (C=O) groups excluding carboxylic acids is 1. The summed E-state index contributed by atoms with van der Waals surface area (Å²) in [6.07, 6.45) is 3.64. The van der Waals surface area contributed by atoms with E-state index in [-0.39, 0.29) is 12.5 Å². The van der Waals surface area contributed by atoms with Crippen molar-refractivity contribution in [2.75, 3.05) is 40.3 Å². The molecule has 6 heteroatoms. The Hall–Kier alpha value is -1.98. The molecule has 24 heavy (non-hydrogen) atoms. The highest BCUT2D eigenvalue weighted by atomic mass is 16.3. The molecule has 2 heterocycles. The van der Waals surface area contributed by atoms with Crippen molar-refractivity contribution in [2.24, 2.45) is 16.8 Å². The van der Waals surface area contributed by atoms with Gasteiger partial charge < -0.3 is 19.5 Å². The van der Waals surface area contributed by atoms with Crippen LogP contribution >= 0.6 is 0 Å². The third-order valence-corrected chi connectivity index (χ3v) is 4.73. The maximum absolute atomic E-state index is 11.9. The van der Waals surface area contributed by atoms with Gasteiger partial charge in [0, 0.05) is 40.2 Å². The van der Waals surface area contributed by atoms with E-state index in [9.17, 15) is 4.79 Å². The number of likely N-dealkylation sites (tertiary alicyclic amines) is 1. The third kappa shape index (κ3) is 5.28. The van der Waals surface area contributed by atoms with Crippen molar-refractivity contribution < 1.29 is 9.21 Å². The van der Waals surface area contributed by atoms with Gasteiger partial charge in [0.25, 0.3) is 0 Å². The van der Waals surface area contributed by atoms with Gasteiger partial charge in [-0.2, -0.15) is 0 Å². The summed E-state index contributed by atoms with van der Waals surface area (Å²) in [6.45, 7) is 7.46. The Balaban J connectivity index is 1.97. The molecular formula is C18H30N4O2. The van der Waals surface area contributed by atoms with E-state index in [0.29, 0.717) is 5.92 Å². The summed E-state index contributed by atoms with van der Waals surface area (Å²) >= 11 is 0. The van der Waals surface area contributed by atoms with Gasteiger partial charge in [-0.1, -0.05) is 13.8 Å². The molecule has 0 spiro atoms. The van der Waals surface area contributed by atoms with Crippen LogP contribution in [-0.4, -0.2) is 61.9 Å². The second-order valence-electron chi connectivity index (χ2n) is 6.87. The number of hydrogen-bond donors (Lipinski definition) is 1. The maximum Gasteiger partial charge on any atom is 0.243 e. The number of nitrogens with one attached hydrogen (secondary N) is 1. The van der Waals surface area contributed by atoms with Crippen molar-refractivity contribution in [1.82, 2.24) is 15.1 Å². The molecule has 2 unspecified atom stereocenters. The van der Waals surface area contributed by atoms with Gasteiger partial charge in [0.1, 0.15) is 12.3 Å². The van der Waals surface area contributed by atoms with Crippen LogP contribution in [0.5, 0.6) is 0 Å². The number of piperidine rings is 1. The first-order valence-electron chi connectivity index (χ1n) is 8.73. The van der Waals surface area contributed by atoms with Crippen molar-refractivity contribution in [3.63, 3.8) is 0 Å². The van der Waals surface area contributed by atoms with Gasteiger partial charge in [-0.3, -0.25) is 4.79 Å². The molecule has 1 aliphatic heterocycles. The quantitative estimate of drug-likeness (QED) is 0.659. The lowest BCUT2D eigenvalue weighted by Gasteiger charge is -2.37. The Labute approximate surface area is 144 Å². The monoisotopic (exact) mass is 334 g/mol. The molecule has 2 rings (SSSR count). The van der Waals surface area contributed by atoms with E-state index in [1.54, 1.807) is 25.3 Å². The second-order valence-corrected chi connectivity index (χ2v) is 6.87. The molecule has 6 nitrogen and oxygen atoms in total. The molecule has 0 aliphatic carbocycles. The van der Waals surface area contributed by atoms with Gasteiger partial charge in [0.15, 0.2) is 5.96 Å². The summed E-state index contributed by atoms with van der Waals surface area (Å²) in [7, 11) is 3.51. The number of amides is 1. The van der Waals surface area contributed by atoms with Gasteiger partial charge in [-0.25, -0.2) is 4.99 Å². The van der Waals surface area contributed by atoms with E-state index in [1.165, 1.54) is 0 Å². The Morgan fingerprint density at radius 1 is 1.42 bits per heavy atom. The van der Waals surface area contributed by atoms with Crippen LogP contribution in [0.3, 0.4) is 0 Å². The SMILES string of the molecule is CC1CCN(C(=NCC(=O)N(C)C)NCCc2ccco2)CC1C. The zero-order chi connectivity index (χ0) is 17.5. The van der Waals surface area contributed by atoms with Crippen molar-refractivity contribution >= 4 is 11.9 Å². The van der Waals surface area contributed by atoms with E-state index in [4.69, 9.17) is 4.42 Å². The van der Waals surface area contributed by atoms with Crippen LogP contribution in [0.1, 0.15) is 26.0 Å². The number of carbonyl (C=O) groups is 1. The van der Waals surface area contributed by atoms with Crippen molar-refractivity contribution in [1.29, 1.82) is 0 Å². The highest BCUT2D eigenvalue weighted by Gasteiger charge is 2.25. The number of furan rings is 1. The third-order valence-electron chi connectivity index (χ3n) is 4.73. The molecule has 1 fully saturated rings. The molecule has 1 aromatic rings. The fourth-order valence-corrected chi connectivity index (χ4v) is 2.76. The molecule has 1 amide bonds. The van der Waals surface area contributed by atoms with Crippen LogP contribution in [-0.2, 0) is 11.2 Å². The zero-order valence-corrected chi connectivity index (χ0v) is 15.3. The van der Waals surface area contributed by atoms with Gasteiger partial charge in [-0.15, -0.1) is 0 Å². The lowest BCUT2D eigenvalue weighted by atomic mass is 9.89. The average molecular weight is 334 g/mol. The molecule has 1 N–H and O–H groups in total. The van der Waals surface area contributed by atoms with Gasteiger partial charge in [-0.05, 0) is 30.4 Å². The summed E-state index contributed by atoms with van der Waals surface area (Å²) in [5.41, 5.74) is 0. The summed E-state index contributed by atoms with van der Waals surface area (Å²) in [6, 6.07) is 3.87. The summed E-state index contributed by atoms with van der Waals surface area (Å²) in [5, 5.41) is 3.40. The molecule has 0 saturated carbocycles. The average Bonchev–Trinajstić information content (AvgIpc) is 3.06. The first kappa shape index (κ1) is 18.4. The first-order valence-corrected chi connectivity index (χ1v) is 8.73. The van der Waals surface area contributed by atoms with E-state index in [1.807, 2.05) is 12.1 Å². The lowest BCUT2D eigenvalue weighted by Crippen LogP contribution is -2.48. The first-order chi connectivity index (χ1) is 11.5. The molecule has 1 saturated heterocycles. The summed E-state index contributed by atoms with van der Waals surface area (Å²) in [5.74, 6) is 3.15. The summed E-state index contributed by atoms with van der Waals surface area (Å²) in [4.78, 5) is 20.3. The predicted molar refractivity (Wildman–Crippen MR) is 95.9 cm³/mol. The number of likely N-dealkylation sites (N-methyl/N-ethyl adjacent to an activating group) is 1. The minimum Gasteiger partial charge on any atom is -0.469 e. The topological polar surface area (TPSA) is 61.1 Å². The second kappa shape index (κ2) is 8.76. The van der Waals surface area contributed by atoms with Crippen LogP contribution in [0.25, 0.3) is 0 Å². The highest BCUT2D eigenvalue weighted by Crippen LogP contribution is 2.22. The number of hydrogen-bond acceptors (Lipinski definition) is 3. The van der Waals surface area contributed by atoms with Crippen LogP contribution in [0.15, 0.2) is 27.8 Å². The van der Waals surface area contributed by atoms with E-state index >= 15 is 0 Å². The van der Waals surface area contributed by atoms with Crippen molar-refractivity contribution in [3.05, 3.63) is 24.2 Å². The fourth-order valence-electron chi connectivity index (χ4n) is 2.76. The van der Waals surface area contributed by atoms with Crippen LogP contribution in [0.2, 0.25) is 0 Å². The Kier molecular flexibility index (Phi) is 6.70. The smallest absolute Gasteiger partial charge is 0.243 e. The largest absolute Gasteiger partial charge is 0.469 e. The van der Waals surface area contributed by atoms with Gasteiger partial charge in [0.2, 0.25) is 5.91 Å². The van der Waals surface area contributed by atoms with E-state index in [0.717, 1.165) is 50.1 Å². The summed E-state index contributed by atoms with van der Waals surface area (Å²) < 4.78 is 5.37. The molecule has 0 bridgehead atoms. The Morgan fingerprint density at radius 2 is 2.21 bits per heavy atom. The Morgan fingerprint density at radius 3 is 2.83 bits per heavy atom. The fraction of sp³-hybridized carbons (Fsp3) is 0.667.